The Morgan fingerprint density at radius 3 is 2.83 bits per heavy atom. The lowest BCUT2D eigenvalue weighted by Crippen LogP contribution is -2.26. The van der Waals surface area contributed by atoms with Gasteiger partial charge < -0.3 is 4.90 Å². The lowest BCUT2D eigenvalue weighted by Gasteiger charge is -2.26. The van der Waals surface area contributed by atoms with Crippen LogP contribution in [0.1, 0.15) is 29.4 Å². The number of alkyl halides is 1. The number of hydrogen-bond acceptors (Lipinski definition) is 4. The van der Waals surface area contributed by atoms with E-state index in [9.17, 15) is 13.2 Å². The minimum Gasteiger partial charge on any atom is -0.345 e. The molecule has 1 aromatic carbocycles. The smallest absolute Gasteiger partial charge is 0.154 e. The average Bonchev–Trinajstić information content (AvgIpc) is 3.47. The molecular weight excluding hydrogens is 393 g/mol. The third kappa shape index (κ3) is 3.32. The van der Waals surface area contributed by atoms with Crippen LogP contribution in [0.2, 0.25) is 0 Å². The minimum absolute atomic E-state index is 0.0488. The maximum atomic E-state index is 14.4. The topological polar surface area (TPSA) is 62.1 Å². The Labute approximate surface area is 169 Å². The summed E-state index contributed by atoms with van der Waals surface area (Å²) in [5, 5.41) is 11.3. The van der Waals surface area contributed by atoms with Crippen LogP contribution >= 0.6 is 0 Å². The molecule has 0 spiro atoms. The number of aromatic nitrogens is 5. The summed E-state index contributed by atoms with van der Waals surface area (Å²) in [6.45, 7) is 0.0488. The first-order chi connectivity index (χ1) is 14.6. The van der Waals surface area contributed by atoms with Gasteiger partial charge in [-0.3, -0.25) is 5.10 Å². The van der Waals surface area contributed by atoms with E-state index in [1.54, 1.807) is 33.9 Å². The van der Waals surface area contributed by atoms with Gasteiger partial charge in [-0.25, -0.2) is 22.7 Å². The van der Waals surface area contributed by atoms with Crippen molar-refractivity contribution in [1.82, 2.24) is 24.8 Å². The molecule has 0 aliphatic carbocycles. The van der Waals surface area contributed by atoms with E-state index in [-0.39, 0.29) is 18.5 Å². The number of benzene rings is 1. The molecule has 9 heteroatoms. The van der Waals surface area contributed by atoms with Crippen LogP contribution in [0.4, 0.5) is 19.0 Å². The summed E-state index contributed by atoms with van der Waals surface area (Å²) < 4.78 is 44.0. The first kappa shape index (κ1) is 18.4. The summed E-state index contributed by atoms with van der Waals surface area (Å²) in [5.74, 6) is -0.657. The van der Waals surface area contributed by atoms with E-state index in [0.29, 0.717) is 17.2 Å². The number of imidazole rings is 1. The second-order valence-corrected chi connectivity index (χ2v) is 7.16. The molecule has 2 atom stereocenters. The van der Waals surface area contributed by atoms with Crippen LogP contribution < -0.4 is 4.90 Å². The quantitative estimate of drug-likeness (QED) is 0.548. The Kier molecular flexibility index (Phi) is 4.50. The Hall–Kier alpha value is -3.62. The zero-order valence-corrected chi connectivity index (χ0v) is 15.7. The molecule has 4 heterocycles. The van der Waals surface area contributed by atoms with Gasteiger partial charge in [0.25, 0.3) is 0 Å². The molecule has 0 amide bonds. The molecule has 0 radical (unpaired) electrons. The van der Waals surface area contributed by atoms with E-state index in [0.717, 1.165) is 23.9 Å². The normalized spacial score (nSPS) is 19.4. The van der Waals surface area contributed by atoms with Crippen molar-refractivity contribution in [2.45, 2.75) is 18.6 Å². The van der Waals surface area contributed by atoms with Gasteiger partial charge in [-0.05, 0) is 48.6 Å². The molecule has 1 aliphatic heterocycles. The fourth-order valence-electron chi connectivity index (χ4n) is 3.79. The van der Waals surface area contributed by atoms with Crippen molar-refractivity contribution < 1.29 is 13.2 Å². The van der Waals surface area contributed by atoms with Crippen molar-refractivity contribution >= 4 is 23.6 Å². The van der Waals surface area contributed by atoms with Crippen molar-refractivity contribution in [1.29, 1.82) is 0 Å². The maximum Gasteiger partial charge on any atom is 0.154 e. The first-order valence-corrected chi connectivity index (χ1v) is 9.46. The van der Waals surface area contributed by atoms with Crippen molar-refractivity contribution in [3.05, 3.63) is 77.4 Å². The Balaban J connectivity index is 1.53. The fourth-order valence-corrected chi connectivity index (χ4v) is 3.79. The first-order valence-electron chi connectivity index (χ1n) is 9.46. The second kappa shape index (κ2) is 7.33. The number of aromatic amines is 1. The Morgan fingerprint density at radius 1 is 1.10 bits per heavy atom. The number of nitrogens with zero attached hydrogens (tertiary/aromatic N) is 5. The standard InChI is InChI=1S/C21H17F3N6/c22-13-1-4-18(24)17(9-13)19-10-14(23)12-29(19)21-6-5-20-25-11-16(30(20)28-21)3-2-15-7-8-26-27-15/h1-9,11,14,19H,10,12H2,(H,26,27)/b3-2-/t14-,19+/m0/s1. The van der Waals surface area contributed by atoms with E-state index < -0.39 is 23.8 Å². The molecule has 1 aliphatic rings. The summed E-state index contributed by atoms with van der Waals surface area (Å²) in [7, 11) is 0. The number of nitrogens with one attached hydrogen (secondary N) is 1. The number of fused-ring (bicyclic) bond motifs is 1. The minimum atomic E-state index is -1.17. The van der Waals surface area contributed by atoms with Gasteiger partial charge in [0, 0.05) is 18.2 Å². The zero-order chi connectivity index (χ0) is 20.7. The van der Waals surface area contributed by atoms with Gasteiger partial charge in [0.05, 0.1) is 30.2 Å². The van der Waals surface area contributed by atoms with Crippen molar-refractivity contribution in [3.8, 4) is 0 Å². The van der Waals surface area contributed by atoms with Crippen LogP contribution in [0.3, 0.4) is 0 Å². The highest BCUT2D eigenvalue weighted by atomic mass is 19.1. The third-order valence-corrected chi connectivity index (χ3v) is 5.19. The number of H-pyrrole nitrogens is 1. The molecule has 1 saturated heterocycles. The number of anilines is 1. The van der Waals surface area contributed by atoms with E-state index in [1.807, 2.05) is 18.2 Å². The van der Waals surface area contributed by atoms with Gasteiger partial charge in [0.2, 0.25) is 0 Å². The van der Waals surface area contributed by atoms with Gasteiger partial charge in [0.15, 0.2) is 5.65 Å². The number of rotatable bonds is 4. The molecule has 0 unspecified atom stereocenters. The Morgan fingerprint density at radius 2 is 2.00 bits per heavy atom. The molecule has 1 fully saturated rings. The predicted molar refractivity (Wildman–Crippen MR) is 106 cm³/mol. The predicted octanol–water partition coefficient (Wildman–Crippen LogP) is 4.19. The largest absolute Gasteiger partial charge is 0.345 e. The number of hydrogen-bond donors (Lipinski definition) is 1. The van der Waals surface area contributed by atoms with E-state index in [1.165, 1.54) is 0 Å². The molecule has 0 bridgehead atoms. The lowest BCUT2D eigenvalue weighted by atomic mass is 10.0. The number of halogens is 3. The third-order valence-electron chi connectivity index (χ3n) is 5.19. The van der Waals surface area contributed by atoms with Crippen LogP contribution in [0.15, 0.2) is 48.8 Å². The molecule has 1 N–H and O–H groups in total. The molecule has 0 saturated carbocycles. The van der Waals surface area contributed by atoms with Crippen molar-refractivity contribution in [2.75, 3.05) is 11.4 Å². The van der Waals surface area contributed by atoms with Crippen LogP contribution in [0.5, 0.6) is 0 Å². The van der Waals surface area contributed by atoms with Gasteiger partial charge >= 0.3 is 0 Å². The highest BCUT2D eigenvalue weighted by molar-refractivity contribution is 5.67. The molecule has 6 nitrogen and oxygen atoms in total. The molecule has 5 rings (SSSR count). The van der Waals surface area contributed by atoms with Crippen LogP contribution in [-0.2, 0) is 0 Å². The van der Waals surface area contributed by atoms with Crippen LogP contribution in [-0.4, -0.2) is 37.5 Å². The van der Waals surface area contributed by atoms with Crippen molar-refractivity contribution in [3.63, 3.8) is 0 Å². The molecular formula is C21H17F3N6. The summed E-state index contributed by atoms with van der Waals surface area (Å²) in [5.41, 5.74) is 2.28. The maximum absolute atomic E-state index is 14.4. The van der Waals surface area contributed by atoms with E-state index in [4.69, 9.17) is 0 Å². The summed E-state index contributed by atoms with van der Waals surface area (Å²) in [6, 6.07) is 7.90. The van der Waals surface area contributed by atoms with E-state index >= 15 is 0 Å². The van der Waals surface area contributed by atoms with Crippen molar-refractivity contribution in [2.24, 2.45) is 0 Å². The highest BCUT2D eigenvalue weighted by Crippen LogP contribution is 2.38. The molecule has 3 aromatic heterocycles. The van der Waals surface area contributed by atoms with Gasteiger partial charge in [-0.15, -0.1) is 5.10 Å². The average molecular weight is 410 g/mol. The highest BCUT2D eigenvalue weighted by Gasteiger charge is 2.36. The van der Waals surface area contributed by atoms with Gasteiger partial charge in [0.1, 0.15) is 23.6 Å². The summed E-state index contributed by atoms with van der Waals surface area (Å²) in [6.07, 6.45) is 5.88. The SMILES string of the molecule is Fc1ccc(F)c([C@H]2C[C@H](F)CN2c2ccc3ncc(/C=C\c4ccn[nH]4)n3n2)c1. The summed E-state index contributed by atoms with van der Waals surface area (Å²) in [4.78, 5) is 6.00. The van der Waals surface area contributed by atoms with E-state index in [2.05, 4.69) is 20.3 Å². The zero-order valence-electron chi connectivity index (χ0n) is 15.7. The molecule has 30 heavy (non-hydrogen) atoms. The fraction of sp³-hybridized carbons (Fsp3) is 0.190. The molecule has 4 aromatic rings. The lowest BCUT2D eigenvalue weighted by molar-refractivity contribution is 0.355. The second-order valence-electron chi connectivity index (χ2n) is 7.16. The molecule has 152 valence electrons. The Bertz CT molecular complexity index is 1220. The van der Waals surface area contributed by atoms with Crippen LogP contribution in [0, 0.1) is 11.6 Å². The monoisotopic (exact) mass is 410 g/mol. The van der Waals surface area contributed by atoms with Crippen LogP contribution in [0.25, 0.3) is 17.8 Å². The van der Waals surface area contributed by atoms with Gasteiger partial charge in [-0.2, -0.15) is 5.10 Å². The summed E-state index contributed by atoms with van der Waals surface area (Å²) >= 11 is 0. The van der Waals surface area contributed by atoms with Gasteiger partial charge in [-0.1, -0.05) is 0 Å².